The molecule has 0 saturated carbocycles. The van der Waals surface area contributed by atoms with E-state index in [9.17, 15) is 19.2 Å². The summed E-state index contributed by atoms with van der Waals surface area (Å²) in [6.07, 6.45) is 5.41. The van der Waals surface area contributed by atoms with Gasteiger partial charge in [0.25, 0.3) is 0 Å². The minimum atomic E-state index is -1.16. The fourth-order valence-electron chi connectivity index (χ4n) is 6.00. The third-order valence-electron chi connectivity index (χ3n) is 8.36. The summed E-state index contributed by atoms with van der Waals surface area (Å²) in [7, 11) is 2.15. The van der Waals surface area contributed by atoms with E-state index in [1.807, 2.05) is 4.90 Å². The summed E-state index contributed by atoms with van der Waals surface area (Å²) in [5.41, 5.74) is 11.5. The van der Waals surface area contributed by atoms with E-state index in [2.05, 4.69) is 66.6 Å². The number of H-pyrrole nitrogens is 1. The van der Waals surface area contributed by atoms with Crippen molar-refractivity contribution in [2.24, 2.45) is 5.92 Å². The third-order valence-corrected chi connectivity index (χ3v) is 8.36. The first kappa shape index (κ1) is 35.2. The number of benzene rings is 3. The van der Waals surface area contributed by atoms with Crippen LogP contribution in [-0.2, 0) is 16.0 Å². The Bertz CT molecular complexity index is 1840. The highest BCUT2D eigenvalue weighted by atomic mass is 16.4. The Morgan fingerprint density at radius 3 is 2.27 bits per heavy atom. The first-order valence-electron chi connectivity index (χ1n) is 15.6. The fourth-order valence-corrected chi connectivity index (χ4v) is 6.00. The predicted molar refractivity (Wildman–Crippen MR) is 185 cm³/mol. The Kier molecular flexibility index (Phi) is 11.2. The molecule has 2 atom stereocenters. The van der Waals surface area contributed by atoms with Crippen molar-refractivity contribution in [3.05, 3.63) is 95.2 Å². The number of nitrogens with zero attached hydrogens (tertiary/aromatic N) is 2. The van der Waals surface area contributed by atoms with Crippen LogP contribution >= 0.6 is 0 Å². The maximum Gasteiger partial charge on any atom is 0.339 e. The largest absolute Gasteiger partial charge is 0.507 e. The van der Waals surface area contributed by atoms with Crippen LogP contribution in [0.2, 0.25) is 0 Å². The van der Waals surface area contributed by atoms with Gasteiger partial charge in [0.15, 0.2) is 0 Å². The fraction of sp³-hybridized carbons (Fsp3) is 0.278. The van der Waals surface area contributed by atoms with Crippen LogP contribution in [0, 0.1) is 5.92 Å². The molecule has 2 amide bonds. The normalized spacial score (nSPS) is 16.2. The van der Waals surface area contributed by atoms with Gasteiger partial charge in [0.1, 0.15) is 11.3 Å². The lowest BCUT2D eigenvalue weighted by atomic mass is 9.79. The van der Waals surface area contributed by atoms with Gasteiger partial charge in [-0.3, -0.25) is 14.5 Å². The Morgan fingerprint density at radius 2 is 1.69 bits per heavy atom. The van der Waals surface area contributed by atoms with Crippen molar-refractivity contribution < 1.29 is 34.5 Å². The van der Waals surface area contributed by atoms with Crippen LogP contribution < -0.4 is 11.1 Å². The summed E-state index contributed by atoms with van der Waals surface area (Å²) in [5, 5.41) is 29.9. The van der Waals surface area contributed by atoms with Crippen LogP contribution in [0.5, 0.6) is 5.75 Å². The van der Waals surface area contributed by atoms with Gasteiger partial charge in [-0.1, -0.05) is 18.2 Å². The number of nitrogen functional groups attached to an aromatic ring is 1. The van der Waals surface area contributed by atoms with Crippen molar-refractivity contribution in [1.29, 1.82) is 0 Å². The first-order chi connectivity index (χ1) is 22.8. The summed E-state index contributed by atoms with van der Waals surface area (Å²) in [4.78, 5) is 51.9. The molecule has 6 rings (SSSR count). The van der Waals surface area contributed by atoms with E-state index in [4.69, 9.17) is 21.1 Å². The van der Waals surface area contributed by atoms with Crippen molar-refractivity contribution in [3.63, 3.8) is 0 Å². The van der Waals surface area contributed by atoms with E-state index in [1.54, 1.807) is 12.1 Å². The van der Waals surface area contributed by atoms with Crippen molar-refractivity contribution in [3.8, 4) is 5.75 Å². The number of hydrogen-bond acceptors (Lipinski definition) is 7. The van der Waals surface area contributed by atoms with Crippen molar-refractivity contribution in [2.45, 2.75) is 33.2 Å². The van der Waals surface area contributed by atoms with Gasteiger partial charge in [0, 0.05) is 67.1 Å². The summed E-state index contributed by atoms with van der Waals surface area (Å²) in [6, 6.07) is 16.7. The van der Waals surface area contributed by atoms with Gasteiger partial charge in [-0.2, -0.15) is 0 Å². The lowest BCUT2D eigenvalue weighted by Crippen LogP contribution is -2.47. The molecule has 0 saturated heterocycles. The molecular weight excluding hydrogens is 614 g/mol. The van der Waals surface area contributed by atoms with E-state index in [0.717, 1.165) is 26.1 Å². The molecule has 48 heavy (non-hydrogen) atoms. The quantitative estimate of drug-likeness (QED) is 0.157. The van der Waals surface area contributed by atoms with Gasteiger partial charge < -0.3 is 36.3 Å². The SMILES string of the molecule is CC(=O)Nc1ccc(C(=O)O)cc1.CCN(CC)C(=O)[C@@H]1C=C2c3cccc4[nH]cc(c34)C[C@H]2N(C)C1.Nc1ccc(C(=O)O)c(O)c1. The number of carbonyl (C=O) groups is 4. The van der Waals surface area contributed by atoms with Gasteiger partial charge in [0.2, 0.25) is 11.8 Å². The molecule has 0 fully saturated rings. The Morgan fingerprint density at radius 1 is 1.00 bits per heavy atom. The van der Waals surface area contributed by atoms with E-state index in [-0.39, 0.29) is 34.6 Å². The lowest BCUT2D eigenvalue weighted by molar-refractivity contribution is -0.134. The molecule has 12 heteroatoms. The van der Waals surface area contributed by atoms with Gasteiger partial charge in [-0.15, -0.1) is 0 Å². The standard InChI is InChI=1S/C20H25N3O.C9H9NO3.C7H7NO3/c1-4-23(5-2)20(24)14-9-16-15-7-6-8-17-19(15)13(11-21-17)10-18(16)22(3)12-14;1-6(11)10-8-4-2-7(3-5-8)9(12)13;8-4-1-2-5(7(10)11)6(9)3-4/h6-9,11,14,18,21H,4-5,10,12H2,1-3H3;2-5H,1H3,(H,10,11)(H,12,13);1-3,9H,8H2,(H,10,11)/t14-,18-;;/m1../s1. The number of rotatable bonds is 6. The molecule has 0 unspecified atom stereocenters. The smallest absolute Gasteiger partial charge is 0.339 e. The summed E-state index contributed by atoms with van der Waals surface area (Å²) < 4.78 is 0. The number of aromatic hydroxyl groups is 1. The number of nitrogens with one attached hydrogen (secondary N) is 2. The number of nitrogens with two attached hydrogens (primary N) is 1. The molecule has 7 N–H and O–H groups in total. The molecular formula is C36H41N5O7. The number of amides is 2. The highest BCUT2D eigenvalue weighted by Gasteiger charge is 2.36. The van der Waals surface area contributed by atoms with Gasteiger partial charge in [0.05, 0.1) is 11.5 Å². The van der Waals surface area contributed by atoms with Crippen molar-refractivity contribution >= 4 is 51.6 Å². The molecule has 12 nitrogen and oxygen atoms in total. The van der Waals surface area contributed by atoms with Gasteiger partial charge >= 0.3 is 11.9 Å². The minimum absolute atomic E-state index is 0.0445. The average Bonchev–Trinajstić information content (AvgIpc) is 3.46. The molecule has 3 aromatic carbocycles. The number of aromatic carboxylic acids is 2. The van der Waals surface area contributed by atoms with Crippen LogP contribution in [0.3, 0.4) is 0 Å². The zero-order chi connectivity index (χ0) is 35.1. The minimum Gasteiger partial charge on any atom is -0.507 e. The van der Waals surface area contributed by atoms with E-state index in [1.165, 1.54) is 64.9 Å². The molecule has 2 aliphatic rings. The number of carboxylic acid groups (broad SMARTS) is 2. The second kappa shape index (κ2) is 15.3. The molecule has 2 heterocycles. The van der Waals surface area contributed by atoms with Gasteiger partial charge in [-0.25, -0.2) is 9.59 Å². The zero-order valence-electron chi connectivity index (χ0n) is 27.4. The number of carbonyl (C=O) groups excluding carboxylic acids is 2. The number of fused-ring (bicyclic) bond motifs is 2. The molecule has 0 spiro atoms. The predicted octanol–water partition coefficient (Wildman–Crippen LogP) is 4.92. The monoisotopic (exact) mass is 655 g/mol. The maximum atomic E-state index is 12.9. The molecule has 0 bridgehead atoms. The molecule has 252 valence electrons. The number of anilines is 2. The number of aromatic nitrogens is 1. The second-order valence-electron chi connectivity index (χ2n) is 11.6. The average molecular weight is 656 g/mol. The van der Waals surface area contributed by atoms with Crippen molar-refractivity contribution in [1.82, 2.24) is 14.8 Å². The highest BCUT2D eigenvalue weighted by Crippen LogP contribution is 2.41. The Balaban J connectivity index is 0.000000183. The van der Waals surface area contributed by atoms with E-state index >= 15 is 0 Å². The highest BCUT2D eigenvalue weighted by molar-refractivity contribution is 5.99. The summed E-state index contributed by atoms with van der Waals surface area (Å²) in [5.74, 6) is -2.42. The van der Waals surface area contributed by atoms with Crippen LogP contribution in [0.15, 0.2) is 72.9 Å². The molecule has 1 aliphatic carbocycles. The van der Waals surface area contributed by atoms with E-state index in [0.29, 0.717) is 17.4 Å². The Hall–Kier alpha value is -5.62. The molecule has 4 aromatic rings. The van der Waals surface area contributed by atoms with Crippen LogP contribution in [-0.4, -0.2) is 86.6 Å². The Labute approximate surface area is 278 Å². The van der Waals surface area contributed by atoms with E-state index < -0.39 is 11.9 Å². The van der Waals surface area contributed by atoms with Crippen LogP contribution in [0.4, 0.5) is 11.4 Å². The third kappa shape index (κ3) is 8.02. The first-order valence-corrected chi connectivity index (χ1v) is 15.6. The van der Waals surface area contributed by atoms with Crippen LogP contribution in [0.1, 0.15) is 52.6 Å². The number of phenols is 1. The molecule has 1 aromatic heterocycles. The number of carboxylic acids is 2. The van der Waals surface area contributed by atoms with Crippen LogP contribution in [0.25, 0.3) is 16.5 Å². The zero-order valence-corrected chi connectivity index (χ0v) is 27.4. The molecule has 0 radical (unpaired) electrons. The second-order valence-corrected chi connectivity index (χ2v) is 11.6. The molecule has 1 aliphatic heterocycles. The summed E-state index contributed by atoms with van der Waals surface area (Å²) in [6.45, 7) is 7.86. The number of hydrogen-bond donors (Lipinski definition) is 6. The van der Waals surface area contributed by atoms with Gasteiger partial charge in [-0.05, 0) is 86.5 Å². The lowest BCUT2D eigenvalue weighted by Gasteiger charge is -2.40. The van der Waals surface area contributed by atoms with Crippen molar-refractivity contribution in [2.75, 3.05) is 37.7 Å². The number of likely N-dealkylation sites (N-methyl/N-ethyl adjacent to an activating group) is 1. The topological polar surface area (TPSA) is 189 Å². The number of aromatic amines is 1. The summed E-state index contributed by atoms with van der Waals surface area (Å²) >= 11 is 0. The maximum absolute atomic E-state index is 12.9.